The lowest BCUT2D eigenvalue weighted by Crippen LogP contribution is -2.16. The minimum absolute atomic E-state index is 0.00728. The van der Waals surface area contributed by atoms with E-state index in [1.54, 1.807) is 0 Å². The summed E-state index contributed by atoms with van der Waals surface area (Å²) < 4.78 is 4.80. The van der Waals surface area contributed by atoms with Gasteiger partial charge in [-0.05, 0) is 12.8 Å². The molecule has 0 aromatic heterocycles. The van der Waals surface area contributed by atoms with E-state index in [4.69, 9.17) is 4.74 Å². The fourth-order valence-electron chi connectivity index (χ4n) is 2.30. The predicted octanol–water partition coefficient (Wildman–Crippen LogP) is 2.83. The van der Waals surface area contributed by atoms with Crippen LogP contribution in [0, 0.1) is 5.92 Å². The van der Waals surface area contributed by atoms with Crippen molar-refractivity contribution >= 4 is 17.5 Å². The highest BCUT2D eigenvalue weighted by Gasteiger charge is 2.28. The van der Waals surface area contributed by atoms with Gasteiger partial charge in [-0.1, -0.05) is 32.6 Å². The molecule has 0 amide bonds. The lowest BCUT2D eigenvalue weighted by atomic mass is 9.97. The molecule has 1 unspecified atom stereocenters. The van der Waals surface area contributed by atoms with Crippen LogP contribution in [0.15, 0.2) is 0 Å². The van der Waals surface area contributed by atoms with E-state index in [2.05, 4.69) is 6.92 Å². The van der Waals surface area contributed by atoms with Crippen LogP contribution in [0.2, 0.25) is 0 Å². The van der Waals surface area contributed by atoms with E-state index in [-0.39, 0.29) is 36.3 Å². The normalized spacial score (nSPS) is 18.4. The Bertz CT molecular complexity index is 322. The van der Waals surface area contributed by atoms with Gasteiger partial charge in [0.15, 0.2) is 0 Å². The monoisotopic (exact) mass is 268 g/mol. The molecule has 1 fully saturated rings. The van der Waals surface area contributed by atoms with Gasteiger partial charge in [0.25, 0.3) is 0 Å². The number of rotatable bonds is 10. The van der Waals surface area contributed by atoms with Crippen molar-refractivity contribution < 1.29 is 19.1 Å². The maximum Gasteiger partial charge on any atom is 0.309 e. The lowest BCUT2D eigenvalue weighted by Gasteiger charge is -2.04. The summed E-state index contributed by atoms with van der Waals surface area (Å²) in [6, 6.07) is 0. The molecule has 0 saturated carbocycles. The molecule has 0 aliphatic carbocycles. The highest BCUT2D eigenvalue weighted by molar-refractivity contribution is 6.00. The maximum atomic E-state index is 11.7. The molecule has 108 valence electrons. The Labute approximate surface area is 114 Å². The molecule has 0 N–H and O–H groups in total. The Morgan fingerprint density at radius 3 is 2.53 bits per heavy atom. The summed E-state index contributed by atoms with van der Waals surface area (Å²) >= 11 is 0. The van der Waals surface area contributed by atoms with Crippen molar-refractivity contribution in [1.29, 1.82) is 0 Å². The van der Waals surface area contributed by atoms with Crippen LogP contribution in [0.25, 0.3) is 0 Å². The fraction of sp³-hybridized carbons (Fsp3) is 0.800. The molecule has 0 spiro atoms. The first-order valence-corrected chi connectivity index (χ1v) is 7.33. The summed E-state index contributed by atoms with van der Waals surface area (Å²) in [7, 11) is 0. The summed E-state index contributed by atoms with van der Waals surface area (Å²) in [6.07, 6.45) is 6.73. The number of ether oxygens (including phenoxy) is 1. The zero-order chi connectivity index (χ0) is 14.1. The van der Waals surface area contributed by atoms with Gasteiger partial charge in [0.05, 0.1) is 18.9 Å². The third-order valence-corrected chi connectivity index (χ3v) is 3.47. The predicted molar refractivity (Wildman–Crippen MR) is 71.7 cm³/mol. The average Bonchev–Trinajstić information content (AvgIpc) is 2.74. The quantitative estimate of drug-likeness (QED) is 0.347. The summed E-state index contributed by atoms with van der Waals surface area (Å²) in [5, 5.41) is 0. The number of carbonyl (C=O) groups excluding carboxylic acids is 3. The molecule has 1 aliphatic heterocycles. The van der Waals surface area contributed by atoms with Crippen LogP contribution >= 0.6 is 0 Å². The second kappa shape index (κ2) is 8.83. The molecule has 0 bridgehead atoms. The van der Waals surface area contributed by atoms with Gasteiger partial charge in [-0.15, -0.1) is 0 Å². The summed E-state index contributed by atoms with van der Waals surface area (Å²) in [4.78, 5) is 34.5. The number of hydrogen-bond donors (Lipinski definition) is 0. The highest BCUT2D eigenvalue weighted by atomic mass is 16.5. The zero-order valence-electron chi connectivity index (χ0n) is 11.8. The topological polar surface area (TPSA) is 60.4 Å². The minimum atomic E-state index is -0.315. The number of esters is 1. The standard InChI is InChI=1S/C15H24O4/c1-2-3-4-5-6-7-13(16)11-14(17)10-12-8-9-19-15(12)18/h12H,2-11H2,1H3. The second-order valence-corrected chi connectivity index (χ2v) is 5.28. The van der Waals surface area contributed by atoms with Gasteiger partial charge in [-0.25, -0.2) is 0 Å². The molecular weight excluding hydrogens is 244 g/mol. The third-order valence-electron chi connectivity index (χ3n) is 3.47. The second-order valence-electron chi connectivity index (χ2n) is 5.28. The Morgan fingerprint density at radius 2 is 1.89 bits per heavy atom. The van der Waals surface area contributed by atoms with Crippen molar-refractivity contribution in [2.24, 2.45) is 5.92 Å². The Kier molecular flexibility index (Phi) is 7.38. The van der Waals surface area contributed by atoms with Crippen molar-refractivity contribution in [3.63, 3.8) is 0 Å². The number of carbonyl (C=O) groups is 3. The van der Waals surface area contributed by atoms with Crippen molar-refractivity contribution in [3.05, 3.63) is 0 Å². The van der Waals surface area contributed by atoms with Gasteiger partial charge in [0.1, 0.15) is 11.6 Å². The first kappa shape index (κ1) is 15.9. The van der Waals surface area contributed by atoms with Crippen molar-refractivity contribution in [1.82, 2.24) is 0 Å². The summed E-state index contributed by atoms with van der Waals surface area (Å²) in [5.41, 5.74) is 0. The van der Waals surface area contributed by atoms with E-state index in [1.807, 2.05) is 0 Å². The van der Waals surface area contributed by atoms with Gasteiger partial charge in [0, 0.05) is 12.8 Å². The molecule has 1 rings (SSSR count). The average molecular weight is 268 g/mol. The molecule has 1 atom stereocenters. The number of hydrogen-bond acceptors (Lipinski definition) is 4. The molecule has 1 saturated heterocycles. The fourth-order valence-corrected chi connectivity index (χ4v) is 2.30. The van der Waals surface area contributed by atoms with E-state index in [9.17, 15) is 14.4 Å². The number of unbranched alkanes of at least 4 members (excludes halogenated alkanes) is 4. The van der Waals surface area contributed by atoms with Gasteiger partial charge >= 0.3 is 5.97 Å². The van der Waals surface area contributed by atoms with E-state index in [0.29, 0.717) is 19.4 Å². The van der Waals surface area contributed by atoms with Crippen LogP contribution in [0.5, 0.6) is 0 Å². The molecule has 0 aromatic rings. The highest BCUT2D eigenvalue weighted by Crippen LogP contribution is 2.19. The Balaban J connectivity index is 2.10. The van der Waals surface area contributed by atoms with E-state index < -0.39 is 0 Å². The first-order valence-electron chi connectivity index (χ1n) is 7.33. The molecular formula is C15H24O4. The van der Waals surface area contributed by atoms with Crippen LogP contribution < -0.4 is 0 Å². The van der Waals surface area contributed by atoms with Gasteiger partial charge < -0.3 is 4.74 Å². The number of cyclic esters (lactones) is 1. The Morgan fingerprint density at radius 1 is 1.16 bits per heavy atom. The van der Waals surface area contributed by atoms with Crippen LogP contribution in [-0.4, -0.2) is 24.1 Å². The molecule has 19 heavy (non-hydrogen) atoms. The zero-order valence-corrected chi connectivity index (χ0v) is 11.8. The van der Waals surface area contributed by atoms with Gasteiger partial charge in [0.2, 0.25) is 0 Å². The molecule has 0 aromatic carbocycles. The molecule has 1 aliphatic rings. The molecule has 4 nitrogen and oxygen atoms in total. The van der Waals surface area contributed by atoms with Crippen molar-refractivity contribution in [3.8, 4) is 0 Å². The molecule has 0 radical (unpaired) electrons. The minimum Gasteiger partial charge on any atom is -0.465 e. The Hall–Kier alpha value is -1.19. The smallest absolute Gasteiger partial charge is 0.309 e. The lowest BCUT2D eigenvalue weighted by molar-refractivity contribution is -0.143. The third kappa shape index (κ3) is 6.50. The van der Waals surface area contributed by atoms with Crippen molar-refractivity contribution in [2.75, 3.05) is 6.61 Å². The summed E-state index contributed by atoms with van der Waals surface area (Å²) in [6.45, 7) is 2.56. The molecule has 4 heteroatoms. The van der Waals surface area contributed by atoms with E-state index >= 15 is 0 Å². The maximum absolute atomic E-state index is 11.7. The largest absolute Gasteiger partial charge is 0.465 e. The van der Waals surface area contributed by atoms with Gasteiger partial charge in [-0.3, -0.25) is 14.4 Å². The SMILES string of the molecule is CCCCCCCC(=O)CC(=O)CC1CCOC1=O. The van der Waals surface area contributed by atoms with Crippen LogP contribution in [0.3, 0.4) is 0 Å². The molecule has 1 heterocycles. The number of ketones is 2. The van der Waals surface area contributed by atoms with Crippen molar-refractivity contribution in [2.45, 2.75) is 64.7 Å². The van der Waals surface area contributed by atoms with E-state index in [0.717, 1.165) is 19.3 Å². The first-order chi connectivity index (χ1) is 9.13. The van der Waals surface area contributed by atoms with Gasteiger partial charge in [-0.2, -0.15) is 0 Å². The van der Waals surface area contributed by atoms with Crippen LogP contribution in [-0.2, 0) is 19.1 Å². The van der Waals surface area contributed by atoms with Crippen LogP contribution in [0.1, 0.15) is 64.7 Å². The van der Waals surface area contributed by atoms with Crippen LogP contribution in [0.4, 0.5) is 0 Å². The number of Topliss-reactive ketones (excluding diaryl/α,β-unsaturated/α-hetero) is 2. The van der Waals surface area contributed by atoms with E-state index in [1.165, 1.54) is 12.8 Å². The summed E-state index contributed by atoms with van der Waals surface area (Å²) in [5.74, 6) is -0.722.